The third kappa shape index (κ3) is 2.91. The van der Waals surface area contributed by atoms with Gasteiger partial charge in [-0.25, -0.2) is 0 Å². The van der Waals surface area contributed by atoms with Crippen LogP contribution in [0.3, 0.4) is 0 Å². The molecular formula is C31H48O5. The molecule has 11 atom stereocenters. The van der Waals surface area contributed by atoms with Gasteiger partial charge in [-0.3, -0.25) is 4.79 Å². The second kappa shape index (κ2) is 7.70. The van der Waals surface area contributed by atoms with Gasteiger partial charge in [0.1, 0.15) is 0 Å². The quantitative estimate of drug-likeness (QED) is 0.384. The Morgan fingerprint density at radius 1 is 1.00 bits per heavy atom. The van der Waals surface area contributed by atoms with E-state index in [1.807, 2.05) is 0 Å². The largest absolute Gasteiger partial charge is 0.481 e. The first-order valence-corrected chi connectivity index (χ1v) is 14.1. The number of fused-ring (bicyclic) bond motifs is 7. The average Bonchev–Trinajstić information content (AvgIpc) is 2.79. The van der Waals surface area contributed by atoms with E-state index in [9.17, 15) is 25.2 Å². The van der Waals surface area contributed by atoms with Crippen molar-refractivity contribution in [2.75, 3.05) is 6.61 Å². The van der Waals surface area contributed by atoms with Crippen molar-refractivity contribution >= 4 is 5.97 Å². The van der Waals surface area contributed by atoms with Crippen LogP contribution in [-0.4, -0.2) is 45.2 Å². The summed E-state index contributed by atoms with van der Waals surface area (Å²) in [6.07, 6.45) is 7.53. The second-order valence-corrected chi connectivity index (χ2v) is 14.9. The molecule has 0 radical (unpaired) electrons. The molecule has 36 heavy (non-hydrogen) atoms. The fourth-order valence-corrected chi connectivity index (χ4v) is 10.7. The molecule has 0 spiro atoms. The number of carboxylic acids is 1. The summed E-state index contributed by atoms with van der Waals surface area (Å²) < 4.78 is 0. The van der Waals surface area contributed by atoms with E-state index in [4.69, 9.17) is 0 Å². The number of aliphatic carboxylic acids is 1. The fraction of sp³-hybridized carbons (Fsp3) is 0.839. The molecule has 5 rings (SSSR count). The number of aliphatic hydroxyl groups is 3. The molecule has 5 aliphatic rings. The maximum atomic E-state index is 12.4. The van der Waals surface area contributed by atoms with Crippen LogP contribution in [0.4, 0.5) is 0 Å². The van der Waals surface area contributed by atoms with E-state index in [2.05, 4.69) is 47.3 Å². The summed E-state index contributed by atoms with van der Waals surface area (Å²) in [6, 6.07) is 0. The molecule has 4 saturated carbocycles. The predicted molar refractivity (Wildman–Crippen MR) is 140 cm³/mol. The lowest BCUT2D eigenvalue weighted by molar-refractivity contribution is -0.213. The minimum atomic E-state index is -1.16. The van der Waals surface area contributed by atoms with Gasteiger partial charge in [-0.05, 0) is 97.7 Å². The summed E-state index contributed by atoms with van der Waals surface area (Å²) in [7, 11) is 0. The highest BCUT2D eigenvalue weighted by Crippen LogP contribution is 2.76. The zero-order valence-electron chi connectivity index (χ0n) is 23.2. The number of aliphatic hydroxyl groups excluding tert-OH is 3. The van der Waals surface area contributed by atoms with Gasteiger partial charge in [0.15, 0.2) is 0 Å². The van der Waals surface area contributed by atoms with Crippen molar-refractivity contribution in [1.82, 2.24) is 0 Å². The van der Waals surface area contributed by atoms with E-state index in [-0.39, 0.29) is 40.1 Å². The molecule has 5 heteroatoms. The van der Waals surface area contributed by atoms with Crippen molar-refractivity contribution in [3.8, 4) is 0 Å². The summed E-state index contributed by atoms with van der Waals surface area (Å²) in [4.78, 5) is 12.4. The molecular weight excluding hydrogens is 452 g/mol. The van der Waals surface area contributed by atoms with Gasteiger partial charge in [0.2, 0.25) is 0 Å². The molecule has 0 aromatic carbocycles. The van der Waals surface area contributed by atoms with E-state index in [0.717, 1.165) is 44.1 Å². The number of carbonyl (C=O) groups is 1. The normalized spacial score (nSPS) is 56.5. The number of rotatable bonds is 2. The van der Waals surface area contributed by atoms with Crippen molar-refractivity contribution < 1.29 is 25.2 Å². The van der Waals surface area contributed by atoms with Crippen LogP contribution in [-0.2, 0) is 4.79 Å². The highest BCUT2D eigenvalue weighted by Gasteiger charge is 2.69. The molecule has 0 aliphatic heterocycles. The van der Waals surface area contributed by atoms with Crippen LogP contribution < -0.4 is 0 Å². The first kappa shape index (κ1) is 26.4. The van der Waals surface area contributed by atoms with E-state index in [1.54, 1.807) is 6.92 Å². The van der Waals surface area contributed by atoms with Crippen LogP contribution in [0, 0.1) is 50.2 Å². The Balaban J connectivity index is 1.61. The first-order valence-electron chi connectivity index (χ1n) is 14.1. The zero-order chi connectivity index (χ0) is 26.7. The molecule has 0 aromatic rings. The molecule has 0 bridgehead atoms. The number of hydrogen-bond donors (Lipinski definition) is 4. The van der Waals surface area contributed by atoms with Gasteiger partial charge < -0.3 is 20.4 Å². The summed E-state index contributed by atoms with van der Waals surface area (Å²) in [5.74, 6) is -0.152. The lowest BCUT2D eigenvalue weighted by atomic mass is 9.33. The summed E-state index contributed by atoms with van der Waals surface area (Å²) in [5, 5.41) is 42.5. The van der Waals surface area contributed by atoms with Crippen molar-refractivity contribution in [3.63, 3.8) is 0 Å². The Morgan fingerprint density at radius 2 is 1.67 bits per heavy atom. The minimum Gasteiger partial charge on any atom is -0.481 e. The third-order valence-corrected chi connectivity index (χ3v) is 13.6. The molecule has 0 saturated heterocycles. The van der Waals surface area contributed by atoms with Crippen molar-refractivity contribution in [1.29, 1.82) is 0 Å². The van der Waals surface area contributed by atoms with Gasteiger partial charge in [-0.15, -0.1) is 0 Å². The smallest absolute Gasteiger partial charge is 0.312 e. The topological polar surface area (TPSA) is 98.0 Å². The van der Waals surface area contributed by atoms with E-state index >= 15 is 0 Å². The molecule has 5 aliphatic carbocycles. The molecule has 11 unspecified atom stereocenters. The lowest BCUT2D eigenvalue weighted by Gasteiger charge is -2.71. The highest BCUT2D eigenvalue weighted by molar-refractivity contribution is 5.75. The van der Waals surface area contributed by atoms with Gasteiger partial charge in [-0.1, -0.05) is 58.4 Å². The van der Waals surface area contributed by atoms with Crippen LogP contribution >= 0.6 is 0 Å². The third-order valence-electron chi connectivity index (χ3n) is 13.6. The average molecular weight is 501 g/mol. The van der Waals surface area contributed by atoms with Crippen LogP contribution in [0.5, 0.6) is 0 Å². The van der Waals surface area contributed by atoms with Crippen molar-refractivity contribution in [2.24, 2.45) is 50.2 Å². The molecule has 0 amide bonds. The standard InChI is InChI=1S/C31H48O5/c1-18-14-31(7)19(20-15-28(4,25(35)36)24(34)16-27(18,20)3)8-9-22-26(2)12-11-23(33)29(5,17-32)21(26)10-13-30(22,31)6/h8,20-24,32-34H,1,9-17H2,2-7H3,(H,35,36). The molecule has 0 aromatic heterocycles. The fourth-order valence-electron chi connectivity index (χ4n) is 10.7. The van der Waals surface area contributed by atoms with Gasteiger partial charge in [0.25, 0.3) is 0 Å². The van der Waals surface area contributed by atoms with Crippen LogP contribution in [0.2, 0.25) is 0 Å². The Hall–Kier alpha value is -1.17. The predicted octanol–water partition coefficient (Wildman–Crippen LogP) is 5.34. The Labute approximate surface area is 217 Å². The van der Waals surface area contributed by atoms with Crippen LogP contribution in [0.1, 0.15) is 92.9 Å². The SMILES string of the molecule is C=C1CC2(C)C(=CCC3C4(C)CCC(O)C(C)(CO)C4CCC32C)C2CC(C)(C(=O)O)C(O)CC12C. The van der Waals surface area contributed by atoms with Gasteiger partial charge in [0.05, 0.1) is 24.2 Å². The highest BCUT2D eigenvalue weighted by atomic mass is 16.4. The minimum absolute atomic E-state index is 0.0148. The Bertz CT molecular complexity index is 1020. The summed E-state index contributed by atoms with van der Waals surface area (Å²) in [5.41, 5.74) is 0.540. The Kier molecular flexibility index (Phi) is 5.65. The molecule has 4 fully saturated rings. The maximum Gasteiger partial charge on any atom is 0.312 e. The monoisotopic (exact) mass is 500 g/mol. The van der Waals surface area contributed by atoms with Gasteiger partial charge in [0, 0.05) is 5.41 Å². The summed E-state index contributed by atoms with van der Waals surface area (Å²) in [6.45, 7) is 17.9. The first-order chi connectivity index (χ1) is 16.5. The van der Waals surface area contributed by atoms with Gasteiger partial charge in [-0.2, -0.15) is 0 Å². The number of hydrogen-bond acceptors (Lipinski definition) is 4. The van der Waals surface area contributed by atoms with Crippen LogP contribution in [0.25, 0.3) is 0 Å². The number of allylic oxidation sites excluding steroid dienone is 3. The van der Waals surface area contributed by atoms with E-state index < -0.39 is 29.0 Å². The van der Waals surface area contributed by atoms with E-state index in [0.29, 0.717) is 18.8 Å². The van der Waals surface area contributed by atoms with Crippen molar-refractivity contribution in [3.05, 3.63) is 23.8 Å². The number of carboxylic acid groups (broad SMARTS) is 1. The molecule has 0 heterocycles. The van der Waals surface area contributed by atoms with E-state index in [1.165, 1.54) is 5.57 Å². The van der Waals surface area contributed by atoms with Crippen molar-refractivity contribution in [2.45, 2.75) is 105 Å². The molecule has 5 nitrogen and oxygen atoms in total. The second-order valence-electron chi connectivity index (χ2n) is 14.9. The Morgan fingerprint density at radius 3 is 2.28 bits per heavy atom. The van der Waals surface area contributed by atoms with Gasteiger partial charge >= 0.3 is 5.97 Å². The van der Waals surface area contributed by atoms with Crippen LogP contribution in [0.15, 0.2) is 23.8 Å². The molecule has 202 valence electrons. The molecule has 4 N–H and O–H groups in total. The summed E-state index contributed by atoms with van der Waals surface area (Å²) >= 11 is 0. The maximum absolute atomic E-state index is 12.4. The lowest BCUT2D eigenvalue weighted by Crippen LogP contribution is -2.66. The zero-order valence-corrected chi connectivity index (χ0v) is 23.2.